The number of hydrogen-bond acceptors (Lipinski definition) is 3. The van der Waals surface area contributed by atoms with Gasteiger partial charge in [-0.3, -0.25) is 4.79 Å². The van der Waals surface area contributed by atoms with Crippen molar-refractivity contribution in [2.45, 2.75) is 12.3 Å². The van der Waals surface area contributed by atoms with Crippen molar-refractivity contribution < 1.29 is 9.53 Å². The molecule has 1 saturated heterocycles. The minimum Gasteiger partial charge on any atom is -0.497 e. The Morgan fingerprint density at radius 2 is 1.96 bits per heavy atom. The van der Waals surface area contributed by atoms with Crippen molar-refractivity contribution in [3.63, 3.8) is 0 Å². The highest BCUT2D eigenvalue weighted by Gasteiger charge is 2.33. The van der Waals surface area contributed by atoms with Crippen molar-refractivity contribution in [2.24, 2.45) is 0 Å². The van der Waals surface area contributed by atoms with Gasteiger partial charge in [0.15, 0.2) is 0 Å². The molecule has 1 fully saturated rings. The summed E-state index contributed by atoms with van der Waals surface area (Å²) in [5, 5.41) is 0. The highest BCUT2D eigenvalue weighted by Crippen LogP contribution is 2.32. The molecule has 1 aliphatic heterocycles. The van der Waals surface area contributed by atoms with Gasteiger partial charge in [0.1, 0.15) is 11.6 Å². The van der Waals surface area contributed by atoms with Crippen LogP contribution < -0.4 is 9.64 Å². The first-order valence-electron chi connectivity index (χ1n) is 7.63. The number of hydrogen-bond donors (Lipinski definition) is 1. The lowest BCUT2D eigenvalue weighted by molar-refractivity contribution is -0.117. The molecule has 1 N–H and O–H groups in total. The van der Waals surface area contributed by atoms with Crippen LogP contribution in [0.4, 0.5) is 5.69 Å². The van der Waals surface area contributed by atoms with Crippen LogP contribution >= 0.6 is 0 Å². The largest absolute Gasteiger partial charge is 0.497 e. The third-order valence-electron chi connectivity index (χ3n) is 4.30. The lowest BCUT2D eigenvalue weighted by atomic mass is 10.1. The minimum atomic E-state index is 0.0944. The standard InChI is InChI=1S/C18H17N3O2/c1-23-14-8-6-13(7-9-14)21-11-12(10-17(21)22)18-19-15-4-2-3-5-16(15)20-18/h2-9,12H,10-11H2,1H3,(H,19,20)/t12-/m0/s1. The predicted molar refractivity (Wildman–Crippen MR) is 88.8 cm³/mol. The van der Waals surface area contributed by atoms with Crippen LogP contribution in [-0.4, -0.2) is 29.5 Å². The molecule has 3 aromatic rings. The highest BCUT2D eigenvalue weighted by molar-refractivity contribution is 5.96. The van der Waals surface area contributed by atoms with E-state index in [9.17, 15) is 4.79 Å². The molecule has 1 amide bonds. The number of nitrogens with one attached hydrogen (secondary N) is 1. The summed E-state index contributed by atoms with van der Waals surface area (Å²) < 4.78 is 5.16. The number of carbonyl (C=O) groups is 1. The van der Waals surface area contributed by atoms with E-state index in [-0.39, 0.29) is 11.8 Å². The fraction of sp³-hybridized carbons (Fsp3) is 0.222. The Morgan fingerprint density at radius 1 is 1.17 bits per heavy atom. The Kier molecular flexibility index (Phi) is 3.26. The van der Waals surface area contributed by atoms with E-state index >= 15 is 0 Å². The van der Waals surface area contributed by atoms with Gasteiger partial charge in [-0.1, -0.05) is 12.1 Å². The van der Waals surface area contributed by atoms with Crippen molar-refractivity contribution in [1.82, 2.24) is 9.97 Å². The van der Waals surface area contributed by atoms with Crippen LogP contribution in [0.5, 0.6) is 5.75 Å². The molecular formula is C18H17N3O2. The molecule has 4 rings (SSSR count). The number of H-pyrrole nitrogens is 1. The van der Waals surface area contributed by atoms with Crippen LogP contribution in [0.1, 0.15) is 18.2 Å². The monoisotopic (exact) mass is 307 g/mol. The SMILES string of the molecule is COc1ccc(N2C[C@@H](c3nc4ccccc4[nH]3)CC2=O)cc1. The van der Waals surface area contributed by atoms with Crippen molar-refractivity contribution in [3.8, 4) is 5.75 Å². The molecule has 0 bridgehead atoms. The normalized spacial score (nSPS) is 17.9. The van der Waals surface area contributed by atoms with Gasteiger partial charge >= 0.3 is 0 Å². The van der Waals surface area contributed by atoms with E-state index in [1.54, 1.807) is 7.11 Å². The molecule has 1 atom stereocenters. The molecule has 1 aliphatic rings. The van der Waals surface area contributed by atoms with Crippen molar-refractivity contribution >= 4 is 22.6 Å². The number of benzene rings is 2. The highest BCUT2D eigenvalue weighted by atomic mass is 16.5. The quantitative estimate of drug-likeness (QED) is 0.809. The molecular weight excluding hydrogens is 290 g/mol. The second-order valence-corrected chi connectivity index (χ2v) is 5.74. The Bertz CT molecular complexity index is 821. The van der Waals surface area contributed by atoms with Gasteiger partial charge < -0.3 is 14.6 Å². The molecule has 0 unspecified atom stereocenters. The number of carbonyl (C=O) groups excluding carboxylic acids is 1. The lowest BCUT2D eigenvalue weighted by Gasteiger charge is -2.16. The number of rotatable bonds is 3. The van der Waals surface area contributed by atoms with Crippen LogP contribution in [0.3, 0.4) is 0 Å². The third-order valence-corrected chi connectivity index (χ3v) is 4.30. The number of aromatic nitrogens is 2. The van der Waals surface area contributed by atoms with Crippen molar-refractivity contribution in [3.05, 3.63) is 54.4 Å². The molecule has 5 heteroatoms. The molecule has 0 spiro atoms. The van der Waals surface area contributed by atoms with Gasteiger partial charge in [0.05, 0.1) is 18.1 Å². The zero-order valence-electron chi connectivity index (χ0n) is 12.8. The van der Waals surface area contributed by atoms with E-state index in [0.29, 0.717) is 13.0 Å². The maximum absolute atomic E-state index is 12.4. The summed E-state index contributed by atoms with van der Waals surface area (Å²) in [5.41, 5.74) is 2.85. The number of imidazole rings is 1. The molecule has 2 heterocycles. The van der Waals surface area contributed by atoms with Crippen LogP contribution in [0.2, 0.25) is 0 Å². The minimum absolute atomic E-state index is 0.0944. The zero-order chi connectivity index (χ0) is 15.8. The van der Waals surface area contributed by atoms with Crippen LogP contribution in [0.15, 0.2) is 48.5 Å². The van der Waals surface area contributed by atoms with Gasteiger partial charge in [-0.2, -0.15) is 0 Å². The lowest BCUT2D eigenvalue weighted by Crippen LogP contribution is -2.24. The summed E-state index contributed by atoms with van der Waals surface area (Å²) >= 11 is 0. The summed E-state index contributed by atoms with van der Waals surface area (Å²) in [6.45, 7) is 0.644. The first-order valence-corrected chi connectivity index (χ1v) is 7.63. The Hall–Kier alpha value is -2.82. The van der Waals surface area contributed by atoms with Gasteiger partial charge in [0, 0.05) is 24.6 Å². The molecule has 2 aromatic carbocycles. The average molecular weight is 307 g/mol. The fourth-order valence-electron chi connectivity index (χ4n) is 3.07. The van der Waals surface area contributed by atoms with Gasteiger partial charge in [0.2, 0.25) is 5.91 Å². The van der Waals surface area contributed by atoms with E-state index in [0.717, 1.165) is 28.3 Å². The summed E-state index contributed by atoms with van der Waals surface area (Å²) in [4.78, 5) is 22.2. The Morgan fingerprint density at radius 3 is 2.70 bits per heavy atom. The van der Waals surface area contributed by atoms with Gasteiger partial charge in [-0.25, -0.2) is 4.98 Å². The molecule has 1 aromatic heterocycles. The number of para-hydroxylation sites is 2. The van der Waals surface area contributed by atoms with E-state index in [1.807, 2.05) is 53.4 Å². The summed E-state index contributed by atoms with van der Waals surface area (Å²) in [5.74, 6) is 1.89. The number of ether oxygens (including phenoxy) is 1. The first kappa shape index (κ1) is 13.8. The molecule has 0 radical (unpaired) electrons. The third kappa shape index (κ3) is 2.44. The molecule has 0 saturated carbocycles. The molecule has 0 aliphatic carbocycles. The summed E-state index contributed by atoms with van der Waals surface area (Å²) in [6, 6.07) is 15.5. The molecule has 116 valence electrons. The number of aromatic amines is 1. The molecule has 5 nitrogen and oxygen atoms in total. The fourth-order valence-corrected chi connectivity index (χ4v) is 3.07. The van der Waals surface area contributed by atoms with E-state index < -0.39 is 0 Å². The summed E-state index contributed by atoms with van der Waals surface area (Å²) in [7, 11) is 1.63. The second-order valence-electron chi connectivity index (χ2n) is 5.74. The van der Waals surface area contributed by atoms with Gasteiger partial charge in [-0.15, -0.1) is 0 Å². The number of anilines is 1. The second kappa shape index (κ2) is 5.43. The predicted octanol–water partition coefficient (Wildman–Crippen LogP) is 3.09. The topological polar surface area (TPSA) is 58.2 Å². The number of methoxy groups -OCH3 is 1. The van der Waals surface area contributed by atoms with E-state index in [2.05, 4.69) is 9.97 Å². The molecule has 23 heavy (non-hydrogen) atoms. The van der Waals surface area contributed by atoms with Crippen LogP contribution in [0, 0.1) is 0 Å². The van der Waals surface area contributed by atoms with Gasteiger partial charge in [-0.05, 0) is 36.4 Å². The maximum Gasteiger partial charge on any atom is 0.227 e. The zero-order valence-corrected chi connectivity index (χ0v) is 12.8. The number of fused-ring (bicyclic) bond motifs is 1. The summed E-state index contributed by atoms with van der Waals surface area (Å²) in [6.07, 6.45) is 0.478. The van der Waals surface area contributed by atoms with Crippen molar-refractivity contribution in [2.75, 3.05) is 18.6 Å². The van der Waals surface area contributed by atoms with E-state index in [4.69, 9.17) is 4.74 Å². The number of nitrogens with zero attached hydrogens (tertiary/aromatic N) is 2. The first-order chi connectivity index (χ1) is 11.2. The van der Waals surface area contributed by atoms with E-state index in [1.165, 1.54) is 0 Å². The Labute approximate surface area is 133 Å². The number of amides is 1. The van der Waals surface area contributed by atoms with Crippen molar-refractivity contribution in [1.29, 1.82) is 0 Å². The average Bonchev–Trinajstić information content (AvgIpc) is 3.18. The smallest absolute Gasteiger partial charge is 0.227 e. The maximum atomic E-state index is 12.4. The van der Waals surface area contributed by atoms with Crippen LogP contribution in [-0.2, 0) is 4.79 Å². The van der Waals surface area contributed by atoms with Crippen LogP contribution in [0.25, 0.3) is 11.0 Å². The van der Waals surface area contributed by atoms with Gasteiger partial charge in [0.25, 0.3) is 0 Å². The Balaban J connectivity index is 1.59.